The minimum atomic E-state index is -0.599. The molecule has 0 saturated carbocycles. The lowest BCUT2D eigenvalue weighted by Gasteiger charge is -2.17. The summed E-state index contributed by atoms with van der Waals surface area (Å²) in [6.45, 7) is 6.20. The van der Waals surface area contributed by atoms with Crippen molar-refractivity contribution < 1.29 is 9.59 Å². The monoisotopic (exact) mass is 408 g/mol. The van der Waals surface area contributed by atoms with E-state index in [-0.39, 0.29) is 23.1 Å². The van der Waals surface area contributed by atoms with Gasteiger partial charge >= 0.3 is 0 Å². The summed E-state index contributed by atoms with van der Waals surface area (Å²) in [5.41, 5.74) is 1.01. The van der Waals surface area contributed by atoms with Crippen LogP contribution in [0.2, 0.25) is 0 Å². The smallest absolute Gasteiger partial charge is 0.260 e. The van der Waals surface area contributed by atoms with Crippen molar-refractivity contribution in [3.05, 3.63) is 20.8 Å². The first-order valence-corrected chi connectivity index (χ1v) is 10.9. The first kappa shape index (κ1) is 19.9. The predicted octanol–water partition coefficient (Wildman–Crippen LogP) is 1.84. The summed E-state index contributed by atoms with van der Waals surface area (Å²) in [6.07, 6.45) is 3.02. The van der Waals surface area contributed by atoms with Crippen molar-refractivity contribution in [3.63, 3.8) is 0 Å². The lowest BCUT2D eigenvalue weighted by molar-refractivity contribution is -0.127. The molecule has 7 nitrogen and oxygen atoms in total. The average molecular weight is 409 g/mol. The molecule has 3 rings (SSSR count). The highest BCUT2D eigenvalue weighted by molar-refractivity contribution is 7.99. The molecule has 2 atom stereocenters. The van der Waals surface area contributed by atoms with E-state index in [4.69, 9.17) is 0 Å². The van der Waals surface area contributed by atoms with E-state index in [0.717, 1.165) is 29.7 Å². The fourth-order valence-corrected chi connectivity index (χ4v) is 5.32. The quantitative estimate of drug-likeness (QED) is 0.500. The summed E-state index contributed by atoms with van der Waals surface area (Å²) in [4.78, 5) is 45.6. The molecule has 146 valence electrons. The fourth-order valence-electron chi connectivity index (χ4n) is 3.21. The first-order chi connectivity index (χ1) is 12.9. The van der Waals surface area contributed by atoms with Crippen molar-refractivity contribution >= 4 is 45.1 Å². The summed E-state index contributed by atoms with van der Waals surface area (Å²) >= 11 is 2.76. The van der Waals surface area contributed by atoms with E-state index in [1.54, 1.807) is 18.3 Å². The number of thiophene rings is 1. The summed E-state index contributed by atoms with van der Waals surface area (Å²) < 4.78 is 0. The number of hydrogen-bond donors (Lipinski definition) is 3. The topological polar surface area (TPSA) is 104 Å². The van der Waals surface area contributed by atoms with E-state index in [1.165, 1.54) is 16.6 Å². The minimum Gasteiger partial charge on any atom is -0.355 e. The van der Waals surface area contributed by atoms with E-state index in [1.807, 2.05) is 6.92 Å². The van der Waals surface area contributed by atoms with Crippen LogP contribution in [0.4, 0.5) is 0 Å². The highest BCUT2D eigenvalue weighted by atomic mass is 32.2. The molecule has 27 heavy (non-hydrogen) atoms. The van der Waals surface area contributed by atoms with Crippen LogP contribution in [0, 0.1) is 5.92 Å². The van der Waals surface area contributed by atoms with Crippen molar-refractivity contribution in [1.82, 2.24) is 20.6 Å². The van der Waals surface area contributed by atoms with E-state index < -0.39 is 6.04 Å². The zero-order valence-electron chi connectivity index (χ0n) is 15.7. The summed E-state index contributed by atoms with van der Waals surface area (Å²) in [5, 5.41) is 6.44. The number of rotatable bonds is 6. The molecule has 2 aromatic rings. The van der Waals surface area contributed by atoms with Gasteiger partial charge in [-0.25, -0.2) is 4.98 Å². The van der Waals surface area contributed by atoms with Crippen LogP contribution >= 0.6 is 23.1 Å². The minimum absolute atomic E-state index is 0.0836. The summed E-state index contributed by atoms with van der Waals surface area (Å²) in [5.74, 6) is 0.220. The van der Waals surface area contributed by atoms with E-state index in [2.05, 4.69) is 27.5 Å². The first-order valence-electron chi connectivity index (χ1n) is 9.13. The molecule has 0 fully saturated rings. The molecule has 0 aromatic carbocycles. The molecular weight excluding hydrogens is 384 g/mol. The van der Waals surface area contributed by atoms with Crippen LogP contribution in [0.1, 0.15) is 37.6 Å². The average Bonchev–Trinajstić information content (AvgIpc) is 2.97. The van der Waals surface area contributed by atoms with Gasteiger partial charge in [-0.2, -0.15) is 0 Å². The standard InChI is InChI=1S/C18H24N4O3S2/c1-4-19-15(24)10(3)20-13(23)8-26-18-21-16(25)14-11-6-5-9(2)7-12(11)27-17(14)22-18/h9-10H,4-8H2,1-3H3,(H,19,24)(H,20,23)(H,21,22,25)/t9-,10-/m0/s1. The number of carbonyl (C=O) groups is 2. The second kappa shape index (κ2) is 8.43. The second-order valence-corrected chi connectivity index (χ2v) is 8.92. The number of aryl methyl sites for hydroxylation is 1. The van der Waals surface area contributed by atoms with Crippen molar-refractivity contribution in [3.8, 4) is 0 Å². The molecule has 0 saturated heterocycles. The van der Waals surface area contributed by atoms with Crippen molar-refractivity contribution in [2.24, 2.45) is 5.92 Å². The largest absolute Gasteiger partial charge is 0.355 e. The Morgan fingerprint density at radius 1 is 1.44 bits per heavy atom. The second-order valence-electron chi connectivity index (χ2n) is 6.88. The molecule has 2 amide bonds. The Morgan fingerprint density at radius 2 is 2.22 bits per heavy atom. The van der Waals surface area contributed by atoms with Gasteiger partial charge in [-0.3, -0.25) is 14.4 Å². The van der Waals surface area contributed by atoms with Gasteiger partial charge in [0, 0.05) is 11.4 Å². The maximum atomic E-state index is 12.5. The number of likely N-dealkylation sites (N-methyl/N-ethyl adjacent to an activating group) is 1. The zero-order chi connectivity index (χ0) is 19.6. The third kappa shape index (κ3) is 4.52. The maximum absolute atomic E-state index is 12.5. The zero-order valence-corrected chi connectivity index (χ0v) is 17.3. The Kier molecular flexibility index (Phi) is 6.21. The number of aromatic amines is 1. The van der Waals surface area contributed by atoms with Crippen LogP contribution in [-0.4, -0.2) is 40.1 Å². The number of amides is 2. The van der Waals surface area contributed by atoms with E-state index in [9.17, 15) is 14.4 Å². The van der Waals surface area contributed by atoms with Crippen LogP contribution in [0.25, 0.3) is 10.2 Å². The van der Waals surface area contributed by atoms with Gasteiger partial charge in [-0.1, -0.05) is 18.7 Å². The molecule has 2 aromatic heterocycles. The lowest BCUT2D eigenvalue weighted by atomic mass is 9.89. The Hall–Kier alpha value is -1.87. The van der Waals surface area contributed by atoms with Gasteiger partial charge < -0.3 is 15.6 Å². The van der Waals surface area contributed by atoms with Crippen LogP contribution in [0.5, 0.6) is 0 Å². The predicted molar refractivity (Wildman–Crippen MR) is 108 cm³/mol. The van der Waals surface area contributed by atoms with E-state index >= 15 is 0 Å². The molecule has 0 bridgehead atoms. The van der Waals surface area contributed by atoms with Gasteiger partial charge in [-0.15, -0.1) is 11.3 Å². The van der Waals surface area contributed by atoms with E-state index in [0.29, 0.717) is 23.0 Å². The number of H-pyrrole nitrogens is 1. The Labute approximate surface area is 165 Å². The van der Waals surface area contributed by atoms with Gasteiger partial charge in [0.1, 0.15) is 10.9 Å². The number of fused-ring (bicyclic) bond motifs is 3. The van der Waals surface area contributed by atoms with Crippen LogP contribution in [0.3, 0.4) is 0 Å². The summed E-state index contributed by atoms with van der Waals surface area (Å²) in [6, 6.07) is -0.599. The molecular formula is C18H24N4O3S2. The third-order valence-corrected chi connectivity index (χ3v) is 6.63. The van der Waals surface area contributed by atoms with Crippen molar-refractivity contribution in [2.45, 2.75) is 51.2 Å². The number of nitrogens with zero attached hydrogens (tertiary/aromatic N) is 1. The van der Waals surface area contributed by atoms with Crippen molar-refractivity contribution in [1.29, 1.82) is 0 Å². The Balaban J connectivity index is 1.68. The third-order valence-electron chi connectivity index (χ3n) is 4.61. The molecule has 0 spiro atoms. The number of carbonyl (C=O) groups excluding carboxylic acids is 2. The van der Waals surface area contributed by atoms with Crippen LogP contribution in [-0.2, 0) is 22.4 Å². The van der Waals surface area contributed by atoms with Gasteiger partial charge in [0.2, 0.25) is 11.8 Å². The van der Waals surface area contributed by atoms with Gasteiger partial charge in [-0.05, 0) is 44.6 Å². The van der Waals surface area contributed by atoms with Gasteiger partial charge in [0.25, 0.3) is 5.56 Å². The number of nitrogens with one attached hydrogen (secondary N) is 3. The Morgan fingerprint density at radius 3 is 2.96 bits per heavy atom. The molecule has 9 heteroatoms. The number of hydrogen-bond acceptors (Lipinski definition) is 6. The normalized spacial score (nSPS) is 17.4. The molecule has 2 heterocycles. The number of aromatic nitrogens is 2. The van der Waals surface area contributed by atoms with Crippen molar-refractivity contribution in [2.75, 3.05) is 12.3 Å². The van der Waals surface area contributed by atoms with Crippen LogP contribution in [0.15, 0.2) is 9.95 Å². The molecule has 0 aliphatic heterocycles. The van der Waals surface area contributed by atoms with Gasteiger partial charge in [0.05, 0.1) is 11.1 Å². The summed E-state index contributed by atoms with van der Waals surface area (Å²) in [7, 11) is 0. The number of thioether (sulfide) groups is 1. The maximum Gasteiger partial charge on any atom is 0.260 e. The molecule has 1 aliphatic rings. The molecule has 0 unspecified atom stereocenters. The molecule has 3 N–H and O–H groups in total. The van der Waals surface area contributed by atoms with Crippen LogP contribution < -0.4 is 16.2 Å². The lowest BCUT2D eigenvalue weighted by Crippen LogP contribution is -2.45. The highest BCUT2D eigenvalue weighted by Crippen LogP contribution is 2.36. The van der Waals surface area contributed by atoms with Gasteiger partial charge in [0.15, 0.2) is 5.16 Å². The SMILES string of the molecule is CCNC(=O)[C@H](C)NC(=O)CSc1nc2sc3c(c2c(=O)[nH]1)CC[C@H](C)C3. The Bertz CT molecular complexity index is 921. The molecule has 1 aliphatic carbocycles. The molecule has 0 radical (unpaired) electrons. The fraction of sp³-hybridized carbons (Fsp3) is 0.556. The highest BCUT2D eigenvalue weighted by Gasteiger charge is 2.23.